The van der Waals surface area contributed by atoms with Gasteiger partial charge in [-0.25, -0.2) is 9.97 Å². The fraction of sp³-hybridized carbons (Fsp3) is 0. The highest BCUT2D eigenvalue weighted by molar-refractivity contribution is 7.26. The van der Waals surface area contributed by atoms with Crippen molar-refractivity contribution in [1.82, 2.24) is 15.0 Å². The van der Waals surface area contributed by atoms with Gasteiger partial charge in [0.1, 0.15) is 28.6 Å². The summed E-state index contributed by atoms with van der Waals surface area (Å²) >= 11 is 1.32. The molecule has 0 aliphatic rings. The second kappa shape index (κ2) is 4.90. The molecule has 0 spiro atoms. The minimum absolute atomic E-state index is 0.0700. The van der Waals surface area contributed by atoms with E-state index in [1.807, 2.05) is 36.4 Å². The Labute approximate surface area is 133 Å². The largest absolute Gasteiger partial charge is 0.382 e. The van der Waals surface area contributed by atoms with Gasteiger partial charge >= 0.3 is 0 Å². The molecule has 1 aromatic carbocycles. The molecule has 0 aliphatic carbocycles. The highest BCUT2D eigenvalue weighted by Gasteiger charge is 2.20. The number of rotatable bonds is 1. The van der Waals surface area contributed by atoms with Crippen molar-refractivity contribution in [2.75, 3.05) is 5.73 Å². The zero-order valence-corrected chi connectivity index (χ0v) is 12.5. The molecule has 0 bridgehead atoms. The van der Waals surface area contributed by atoms with Gasteiger partial charge in [0.25, 0.3) is 5.56 Å². The van der Waals surface area contributed by atoms with E-state index in [0.717, 1.165) is 10.9 Å². The Morgan fingerprint density at radius 3 is 2.74 bits per heavy atom. The maximum Gasteiger partial charge on any atom is 0.267 e. The number of nitrogens with one attached hydrogen (secondary N) is 1. The molecule has 0 unspecified atom stereocenters. The number of H-pyrrole nitrogens is 1. The normalized spacial score (nSPS) is 10.9. The van der Waals surface area contributed by atoms with Gasteiger partial charge in [-0.2, -0.15) is 5.26 Å². The Bertz CT molecular complexity index is 1150. The van der Waals surface area contributed by atoms with Crippen LogP contribution in [0, 0.1) is 11.3 Å². The predicted octanol–water partition coefficient (Wildman–Crippen LogP) is 2.65. The number of nitrogen functional groups attached to an aromatic ring is 1. The van der Waals surface area contributed by atoms with Crippen LogP contribution in [0.3, 0.4) is 0 Å². The molecule has 0 radical (unpaired) electrons. The van der Waals surface area contributed by atoms with Crippen LogP contribution >= 0.6 is 11.3 Å². The smallest absolute Gasteiger partial charge is 0.267 e. The molecule has 4 rings (SSSR count). The van der Waals surface area contributed by atoms with Crippen molar-refractivity contribution < 1.29 is 0 Å². The van der Waals surface area contributed by atoms with Crippen molar-refractivity contribution >= 4 is 37.6 Å². The third-order valence-electron chi connectivity index (χ3n) is 3.63. The van der Waals surface area contributed by atoms with Crippen molar-refractivity contribution in [3.05, 3.63) is 52.6 Å². The summed E-state index contributed by atoms with van der Waals surface area (Å²) in [5, 5.41) is 10.2. The van der Waals surface area contributed by atoms with Gasteiger partial charge in [-0.1, -0.05) is 30.3 Å². The molecular formula is C16H9N5OS. The Morgan fingerprint density at radius 1 is 1.22 bits per heavy atom. The zero-order valence-electron chi connectivity index (χ0n) is 11.7. The minimum atomic E-state index is -0.420. The number of nitrogens with two attached hydrogens (primary N) is 1. The van der Waals surface area contributed by atoms with Gasteiger partial charge in [0.2, 0.25) is 0 Å². The molecule has 3 N–H and O–H groups in total. The van der Waals surface area contributed by atoms with E-state index < -0.39 is 5.56 Å². The SMILES string of the molecule is N#Cc1c(-c2ccccc2)c2c([nH]c1=O)sc1c(N)ncnc12. The number of nitrogens with zero attached hydrogens (tertiary/aromatic N) is 3. The maximum atomic E-state index is 12.3. The zero-order chi connectivity index (χ0) is 16.0. The first-order chi connectivity index (χ1) is 11.2. The third kappa shape index (κ3) is 1.89. The van der Waals surface area contributed by atoms with Crippen LogP contribution in [0.4, 0.5) is 5.82 Å². The summed E-state index contributed by atoms with van der Waals surface area (Å²) in [5.74, 6) is 0.356. The fourth-order valence-electron chi connectivity index (χ4n) is 2.65. The Balaban J connectivity index is 2.31. The number of anilines is 1. The van der Waals surface area contributed by atoms with E-state index in [-0.39, 0.29) is 5.56 Å². The highest BCUT2D eigenvalue weighted by atomic mass is 32.1. The van der Waals surface area contributed by atoms with Crippen LogP contribution in [0.2, 0.25) is 0 Å². The number of thiophene rings is 1. The first-order valence-corrected chi connectivity index (χ1v) is 7.57. The van der Waals surface area contributed by atoms with E-state index in [1.165, 1.54) is 17.7 Å². The summed E-state index contributed by atoms with van der Waals surface area (Å²) in [6.07, 6.45) is 1.38. The van der Waals surface area contributed by atoms with Crippen molar-refractivity contribution in [1.29, 1.82) is 5.26 Å². The van der Waals surface area contributed by atoms with Crippen LogP contribution < -0.4 is 11.3 Å². The molecule has 110 valence electrons. The van der Waals surface area contributed by atoms with Gasteiger partial charge < -0.3 is 10.7 Å². The van der Waals surface area contributed by atoms with Gasteiger partial charge in [-0.3, -0.25) is 4.79 Å². The number of fused-ring (bicyclic) bond motifs is 3. The first-order valence-electron chi connectivity index (χ1n) is 6.75. The lowest BCUT2D eigenvalue weighted by atomic mass is 9.98. The molecule has 0 saturated heterocycles. The lowest BCUT2D eigenvalue weighted by Gasteiger charge is -2.06. The Morgan fingerprint density at radius 2 is 2.00 bits per heavy atom. The lowest BCUT2D eigenvalue weighted by Crippen LogP contribution is -2.11. The van der Waals surface area contributed by atoms with Crippen LogP contribution in [0.1, 0.15) is 5.56 Å². The maximum absolute atomic E-state index is 12.3. The molecular weight excluding hydrogens is 310 g/mol. The molecule has 7 heteroatoms. The average molecular weight is 319 g/mol. The molecule has 6 nitrogen and oxygen atoms in total. The predicted molar refractivity (Wildman–Crippen MR) is 90.1 cm³/mol. The second-order valence-electron chi connectivity index (χ2n) is 4.92. The summed E-state index contributed by atoms with van der Waals surface area (Å²) in [7, 11) is 0. The molecule has 3 aromatic heterocycles. The standard InChI is InChI=1S/C16H9N5OS/c17-6-9-10(8-4-2-1-3-5-8)11-12-13(14(18)20-7-19-12)23-16(11)21-15(9)22/h1-5,7H,(H,21,22)(H2,18,19,20). The van der Waals surface area contributed by atoms with Crippen LogP contribution in [0.25, 0.3) is 31.6 Å². The van der Waals surface area contributed by atoms with E-state index in [4.69, 9.17) is 5.73 Å². The Hall–Kier alpha value is -3.24. The third-order valence-corrected chi connectivity index (χ3v) is 4.74. The van der Waals surface area contributed by atoms with Crippen LogP contribution in [-0.2, 0) is 0 Å². The summed E-state index contributed by atoms with van der Waals surface area (Å²) in [6.45, 7) is 0. The minimum Gasteiger partial charge on any atom is -0.382 e. The molecule has 23 heavy (non-hydrogen) atoms. The number of nitriles is 1. The van der Waals surface area contributed by atoms with Crippen LogP contribution in [0.5, 0.6) is 0 Å². The number of benzene rings is 1. The topological polar surface area (TPSA) is 108 Å². The number of aromatic amines is 1. The molecule has 0 saturated carbocycles. The fourth-order valence-corrected chi connectivity index (χ4v) is 3.71. The van der Waals surface area contributed by atoms with E-state index in [2.05, 4.69) is 15.0 Å². The van der Waals surface area contributed by atoms with Crippen LogP contribution in [0.15, 0.2) is 41.5 Å². The second-order valence-corrected chi connectivity index (χ2v) is 5.95. The molecule has 0 fully saturated rings. The van der Waals surface area contributed by atoms with E-state index in [0.29, 0.717) is 26.4 Å². The molecule has 0 amide bonds. The van der Waals surface area contributed by atoms with E-state index in [1.54, 1.807) is 0 Å². The monoisotopic (exact) mass is 319 g/mol. The van der Waals surface area contributed by atoms with E-state index in [9.17, 15) is 10.1 Å². The summed E-state index contributed by atoms with van der Waals surface area (Å²) in [4.78, 5) is 24.0. The van der Waals surface area contributed by atoms with E-state index >= 15 is 0 Å². The quantitative estimate of drug-likeness (QED) is 0.560. The summed E-state index contributed by atoms with van der Waals surface area (Å²) in [6, 6.07) is 11.3. The Kier molecular flexibility index (Phi) is 2.86. The number of hydrogen-bond donors (Lipinski definition) is 2. The summed E-state index contributed by atoms with van der Waals surface area (Å²) in [5.41, 5.74) is 7.58. The van der Waals surface area contributed by atoms with Crippen molar-refractivity contribution in [3.8, 4) is 17.2 Å². The average Bonchev–Trinajstić information content (AvgIpc) is 2.94. The molecule has 4 aromatic rings. The lowest BCUT2D eigenvalue weighted by molar-refractivity contribution is 1.24. The van der Waals surface area contributed by atoms with Gasteiger partial charge in [-0.05, 0) is 5.56 Å². The molecule has 0 aliphatic heterocycles. The van der Waals surface area contributed by atoms with Gasteiger partial charge in [0.05, 0.1) is 10.2 Å². The van der Waals surface area contributed by atoms with Crippen molar-refractivity contribution in [2.45, 2.75) is 0 Å². The number of pyridine rings is 1. The van der Waals surface area contributed by atoms with Gasteiger partial charge in [0.15, 0.2) is 0 Å². The number of aromatic nitrogens is 3. The molecule has 0 atom stereocenters. The number of hydrogen-bond acceptors (Lipinski definition) is 6. The highest BCUT2D eigenvalue weighted by Crippen LogP contribution is 2.39. The van der Waals surface area contributed by atoms with Crippen molar-refractivity contribution in [3.63, 3.8) is 0 Å². The molecule has 3 heterocycles. The van der Waals surface area contributed by atoms with Crippen LogP contribution in [-0.4, -0.2) is 15.0 Å². The summed E-state index contributed by atoms with van der Waals surface area (Å²) < 4.78 is 0.699. The van der Waals surface area contributed by atoms with Gasteiger partial charge in [-0.15, -0.1) is 11.3 Å². The first kappa shape index (κ1) is 13.4. The van der Waals surface area contributed by atoms with Gasteiger partial charge in [0, 0.05) is 10.9 Å². The van der Waals surface area contributed by atoms with Crippen molar-refractivity contribution in [2.24, 2.45) is 0 Å².